The second kappa shape index (κ2) is 5.45. The van der Waals surface area contributed by atoms with Gasteiger partial charge in [-0.2, -0.15) is 0 Å². The largest absolute Gasteiger partial charge is 0.454 e. The van der Waals surface area contributed by atoms with Crippen LogP contribution in [0.25, 0.3) is 0 Å². The van der Waals surface area contributed by atoms with Crippen LogP contribution in [-0.2, 0) is 10.0 Å². The summed E-state index contributed by atoms with van der Waals surface area (Å²) in [5.41, 5.74) is 0.430. The third-order valence-corrected chi connectivity index (χ3v) is 3.38. The maximum absolute atomic E-state index is 11.8. The van der Waals surface area contributed by atoms with Gasteiger partial charge in [-0.1, -0.05) is 0 Å². The Morgan fingerprint density at radius 2 is 2.05 bits per heavy atom. The first-order valence-corrected chi connectivity index (χ1v) is 7.35. The summed E-state index contributed by atoms with van der Waals surface area (Å²) in [5.74, 6) is 0.671. The van der Waals surface area contributed by atoms with Crippen molar-refractivity contribution in [3.63, 3.8) is 0 Å². The van der Waals surface area contributed by atoms with Crippen LogP contribution in [0.2, 0.25) is 0 Å². The molecule has 0 fully saturated rings. The zero-order valence-corrected chi connectivity index (χ0v) is 10.9. The van der Waals surface area contributed by atoms with E-state index < -0.39 is 10.0 Å². The molecule has 2 rings (SSSR count). The van der Waals surface area contributed by atoms with Crippen LogP contribution in [0.3, 0.4) is 0 Å². The molecule has 1 aliphatic rings. The van der Waals surface area contributed by atoms with Gasteiger partial charge < -0.3 is 14.8 Å². The van der Waals surface area contributed by atoms with E-state index in [0.29, 0.717) is 17.1 Å². The van der Waals surface area contributed by atoms with Gasteiger partial charge in [0.25, 0.3) is 5.91 Å². The van der Waals surface area contributed by atoms with Crippen LogP contribution in [0.5, 0.6) is 11.5 Å². The molecular formula is C11H14N2O5S. The van der Waals surface area contributed by atoms with Crippen LogP contribution < -0.4 is 19.9 Å². The van der Waals surface area contributed by atoms with E-state index in [4.69, 9.17) is 14.6 Å². The Morgan fingerprint density at radius 3 is 2.79 bits per heavy atom. The molecule has 0 aromatic heterocycles. The molecule has 1 aliphatic heterocycles. The highest BCUT2D eigenvalue weighted by atomic mass is 32.2. The van der Waals surface area contributed by atoms with E-state index in [9.17, 15) is 13.2 Å². The molecule has 104 valence electrons. The van der Waals surface area contributed by atoms with Crippen molar-refractivity contribution in [3.05, 3.63) is 23.8 Å². The highest BCUT2D eigenvalue weighted by molar-refractivity contribution is 7.89. The quantitative estimate of drug-likeness (QED) is 0.730. The van der Waals surface area contributed by atoms with Gasteiger partial charge in [0.1, 0.15) is 0 Å². The molecular weight excluding hydrogens is 272 g/mol. The Kier molecular flexibility index (Phi) is 3.91. The summed E-state index contributed by atoms with van der Waals surface area (Å²) in [5, 5.41) is 7.46. The number of ether oxygens (including phenoxy) is 2. The van der Waals surface area contributed by atoms with Gasteiger partial charge in [0.2, 0.25) is 16.8 Å². The molecule has 0 unspecified atom stereocenters. The van der Waals surface area contributed by atoms with E-state index in [-0.39, 0.29) is 31.4 Å². The van der Waals surface area contributed by atoms with E-state index in [0.717, 1.165) is 0 Å². The minimum absolute atomic E-state index is 0.148. The first kappa shape index (κ1) is 13.6. The van der Waals surface area contributed by atoms with E-state index in [1.165, 1.54) is 0 Å². The fourth-order valence-electron chi connectivity index (χ4n) is 1.62. The van der Waals surface area contributed by atoms with Crippen molar-refractivity contribution >= 4 is 15.9 Å². The third kappa shape index (κ3) is 3.83. The first-order chi connectivity index (χ1) is 8.96. The SMILES string of the molecule is NS(=O)(=O)CCCNC(=O)c1ccc2c(c1)OCO2. The molecule has 0 bridgehead atoms. The van der Waals surface area contributed by atoms with E-state index >= 15 is 0 Å². The number of fused-ring (bicyclic) bond motifs is 1. The minimum atomic E-state index is -3.48. The van der Waals surface area contributed by atoms with Crippen LogP contribution in [0.4, 0.5) is 0 Å². The summed E-state index contributed by atoms with van der Waals surface area (Å²) in [6.45, 7) is 0.387. The van der Waals surface area contributed by atoms with Gasteiger partial charge in [-0.05, 0) is 24.6 Å². The normalized spacial score (nSPS) is 13.3. The number of hydrogen-bond acceptors (Lipinski definition) is 5. The van der Waals surface area contributed by atoms with Crippen LogP contribution >= 0.6 is 0 Å². The number of amides is 1. The summed E-state index contributed by atoms with van der Waals surface area (Å²) in [6.07, 6.45) is 0.273. The molecule has 0 saturated heterocycles. The maximum atomic E-state index is 11.8. The van der Waals surface area contributed by atoms with Gasteiger partial charge in [0.05, 0.1) is 5.75 Å². The van der Waals surface area contributed by atoms with Crippen molar-refractivity contribution in [2.24, 2.45) is 5.14 Å². The van der Waals surface area contributed by atoms with Crippen LogP contribution in [0, 0.1) is 0 Å². The van der Waals surface area contributed by atoms with Gasteiger partial charge in [0, 0.05) is 12.1 Å². The van der Waals surface area contributed by atoms with Gasteiger partial charge >= 0.3 is 0 Å². The Hall–Kier alpha value is -1.80. The third-order valence-electron chi connectivity index (χ3n) is 2.53. The van der Waals surface area contributed by atoms with Crippen molar-refractivity contribution in [2.45, 2.75) is 6.42 Å². The molecule has 7 nitrogen and oxygen atoms in total. The Balaban J connectivity index is 1.87. The van der Waals surface area contributed by atoms with Crippen molar-refractivity contribution in [3.8, 4) is 11.5 Å². The molecule has 1 amide bonds. The van der Waals surface area contributed by atoms with Gasteiger partial charge in [0.15, 0.2) is 11.5 Å². The van der Waals surface area contributed by atoms with Crippen LogP contribution in [-0.4, -0.2) is 33.4 Å². The fourth-order valence-corrected chi connectivity index (χ4v) is 2.16. The van der Waals surface area contributed by atoms with Crippen molar-refractivity contribution < 1.29 is 22.7 Å². The average molecular weight is 286 g/mol. The van der Waals surface area contributed by atoms with Crippen LogP contribution in [0.15, 0.2) is 18.2 Å². The van der Waals surface area contributed by atoms with E-state index in [2.05, 4.69) is 5.32 Å². The van der Waals surface area contributed by atoms with Crippen molar-refractivity contribution in [1.82, 2.24) is 5.32 Å². The standard InChI is InChI=1S/C11H14N2O5S/c12-19(15,16)5-1-4-13-11(14)8-2-3-9-10(6-8)18-7-17-9/h2-3,6H,1,4-5,7H2,(H,13,14)(H2,12,15,16). The average Bonchev–Trinajstić information content (AvgIpc) is 2.80. The first-order valence-electron chi connectivity index (χ1n) is 5.64. The van der Waals surface area contributed by atoms with E-state index in [1.54, 1.807) is 18.2 Å². The number of sulfonamides is 1. The number of carbonyl (C=O) groups excluding carboxylic acids is 1. The second-order valence-corrected chi connectivity index (χ2v) is 5.78. The molecule has 0 aliphatic carbocycles. The summed E-state index contributed by atoms with van der Waals surface area (Å²) in [7, 11) is -3.48. The smallest absolute Gasteiger partial charge is 0.251 e. The molecule has 0 atom stereocenters. The Morgan fingerprint density at radius 1 is 1.32 bits per heavy atom. The van der Waals surface area contributed by atoms with Gasteiger partial charge in [-0.25, -0.2) is 13.6 Å². The van der Waals surface area contributed by atoms with Gasteiger partial charge in [-0.3, -0.25) is 4.79 Å². The molecule has 3 N–H and O–H groups in total. The lowest BCUT2D eigenvalue weighted by Crippen LogP contribution is -2.27. The number of carbonyl (C=O) groups is 1. The molecule has 8 heteroatoms. The molecule has 0 radical (unpaired) electrons. The predicted molar refractivity (Wildman–Crippen MR) is 67.5 cm³/mol. The van der Waals surface area contributed by atoms with Crippen LogP contribution in [0.1, 0.15) is 16.8 Å². The molecule has 1 aromatic rings. The number of primary sulfonamides is 1. The number of benzene rings is 1. The number of hydrogen-bond donors (Lipinski definition) is 2. The molecule has 1 aromatic carbocycles. The lowest BCUT2D eigenvalue weighted by Gasteiger charge is -2.05. The predicted octanol–water partition coefficient (Wildman–Crippen LogP) is -0.176. The summed E-state index contributed by atoms with van der Waals surface area (Å²) in [6, 6.07) is 4.85. The minimum Gasteiger partial charge on any atom is -0.454 e. The molecule has 19 heavy (non-hydrogen) atoms. The lowest BCUT2D eigenvalue weighted by molar-refractivity contribution is 0.0953. The molecule has 0 saturated carbocycles. The number of nitrogens with one attached hydrogen (secondary N) is 1. The summed E-state index contributed by atoms with van der Waals surface area (Å²) >= 11 is 0. The lowest BCUT2D eigenvalue weighted by atomic mass is 10.2. The van der Waals surface area contributed by atoms with Crippen molar-refractivity contribution in [2.75, 3.05) is 19.1 Å². The summed E-state index contributed by atoms with van der Waals surface area (Å²) < 4.78 is 31.7. The highest BCUT2D eigenvalue weighted by Crippen LogP contribution is 2.32. The van der Waals surface area contributed by atoms with Crippen molar-refractivity contribution in [1.29, 1.82) is 0 Å². The second-order valence-electron chi connectivity index (χ2n) is 4.04. The van der Waals surface area contributed by atoms with Gasteiger partial charge in [-0.15, -0.1) is 0 Å². The zero-order valence-electron chi connectivity index (χ0n) is 10.1. The molecule has 1 heterocycles. The van der Waals surface area contributed by atoms with E-state index in [1.807, 2.05) is 0 Å². The zero-order chi connectivity index (χ0) is 13.9. The Bertz CT molecular complexity index is 585. The maximum Gasteiger partial charge on any atom is 0.251 e. The topological polar surface area (TPSA) is 108 Å². The number of nitrogens with two attached hydrogens (primary N) is 1. The summed E-state index contributed by atoms with van der Waals surface area (Å²) in [4.78, 5) is 11.8. The Labute approximate surface area is 110 Å². The number of rotatable bonds is 5. The molecule has 0 spiro atoms. The monoisotopic (exact) mass is 286 g/mol. The highest BCUT2D eigenvalue weighted by Gasteiger charge is 2.15. The fraction of sp³-hybridized carbons (Fsp3) is 0.364.